The third-order valence-corrected chi connectivity index (χ3v) is 3.99. The summed E-state index contributed by atoms with van der Waals surface area (Å²) < 4.78 is 0. The van der Waals surface area contributed by atoms with E-state index in [-0.39, 0.29) is 11.8 Å². The monoisotopic (exact) mass is 232 g/mol. The molecule has 2 atom stereocenters. The van der Waals surface area contributed by atoms with E-state index >= 15 is 0 Å². The van der Waals surface area contributed by atoms with Gasteiger partial charge in [0.2, 0.25) is 5.91 Å². The molecule has 0 aromatic heterocycles. The van der Waals surface area contributed by atoms with Crippen molar-refractivity contribution >= 4 is 34.9 Å². The van der Waals surface area contributed by atoms with E-state index in [1.165, 1.54) is 0 Å². The first-order chi connectivity index (χ1) is 6.54. The normalized spacial score (nSPS) is 24.4. The molecule has 0 aromatic carbocycles. The molecular weight excluding hydrogens is 216 g/mol. The lowest BCUT2D eigenvalue weighted by atomic mass is 10.1. The molecule has 2 unspecified atom stereocenters. The third-order valence-electron chi connectivity index (χ3n) is 2.45. The predicted octanol–water partition coefficient (Wildman–Crippen LogP) is 0.873. The van der Waals surface area contributed by atoms with Gasteiger partial charge in [-0.25, -0.2) is 0 Å². The van der Waals surface area contributed by atoms with Crippen LogP contribution in [0.3, 0.4) is 0 Å². The van der Waals surface area contributed by atoms with Gasteiger partial charge in [-0.3, -0.25) is 4.79 Å². The quantitative estimate of drug-likeness (QED) is 0.718. The summed E-state index contributed by atoms with van der Waals surface area (Å²) in [5, 5.41) is 0. The Hall–Kier alpha value is -0.290. The summed E-state index contributed by atoms with van der Waals surface area (Å²) in [6, 6.07) is 0.304. The number of carbonyl (C=O) groups excluding carboxylic acids is 1. The highest BCUT2D eigenvalue weighted by molar-refractivity contribution is 7.99. The second kappa shape index (κ2) is 4.98. The van der Waals surface area contributed by atoms with Crippen LogP contribution in [0.5, 0.6) is 0 Å². The molecule has 0 aromatic rings. The standard InChI is InChI=1S/C9H16N2OS2/c1-6-5-14-4-3-11(6)9(12)7(2)8(10)13/h6-7H,3-5H2,1-2H3,(H2,10,13). The first-order valence-corrected chi connectivity index (χ1v) is 6.28. The van der Waals surface area contributed by atoms with Gasteiger partial charge in [0.05, 0.1) is 10.9 Å². The highest BCUT2D eigenvalue weighted by atomic mass is 32.2. The van der Waals surface area contributed by atoms with E-state index < -0.39 is 0 Å². The van der Waals surface area contributed by atoms with Crippen LogP contribution in [0.2, 0.25) is 0 Å². The number of rotatable bonds is 2. The summed E-state index contributed by atoms with van der Waals surface area (Å²) in [4.78, 5) is 14.1. The Balaban J connectivity index is 2.62. The van der Waals surface area contributed by atoms with Gasteiger partial charge >= 0.3 is 0 Å². The lowest BCUT2D eigenvalue weighted by Crippen LogP contribution is -2.48. The Morgan fingerprint density at radius 3 is 2.86 bits per heavy atom. The third kappa shape index (κ3) is 2.60. The SMILES string of the molecule is CC(C(=O)N1CCSCC1C)C(N)=S. The highest BCUT2D eigenvalue weighted by Gasteiger charge is 2.28. The van der Waals surface area contributed by atoms with Crippen molar-refractivity contribution in [3.8, 4) is 0 Å². The Morgan fingerprint density at radius 2 is 2.36 bits per heavy atom. The average Bonchev–Trinajstić information content (AvgIpc) is 2.16. The van der Waals surface area contributed by atoms with Gasteiger partial charge in [0.25, 0.3) is 0 Å². The van der Waals surface area contributed by atoms with Crippen molar-refractivity contribution in [3.05, 3.63) is 0 Å². The molecule has 0 aliphatic carbocycles. The van der Waals surface area contributed by atoms with E-state index in [2.05, 4.69) is 6.92 Å². The van der Waals surface area contributed by atoms with Crippen molar-refractivity contribution < 1.29 is 4.79 Å². The fraction of sp³-hybridized carbons (Fsp3) is 0.778. The molecule has 1 saturated heterocycles. The van der Waals surface area contributed by atoms with E-state index in [0.29, 0.717) is 11.0 Å². The minimum absolute atomic E-state index is 0.0744. The Bertz CT molecular complexity index is 245. The van der Waals surface area contributed by atoms with Crippen molar-refractivity contribution in [2.75, 3.05) is 18.1 Å². The van der Waals surface area contributed by atoms with Gasteiger partial charge in [-0.1, -0.05) is 12.2 Å². The van der Waals surface area contributed by atoms with Crippen molar-refractivity contribution in [2.45, 2.75) is 19.9 Å². The molecule has 0 spiro atoms. The van der Waals surface area contributed by atoms with Gasteiger partial charge in [-0.2, -0.15) is 11.8 Å². The number of hydrogen-bond donors (Lipinski definition) is 1. The second-order valence-corrected chi connectivity index (χ2v) is 5.20. The molecule has 3 nitrogen and oxygen atoms in total. The molecule has 0 bridgehead atoms. The molecule has 1 amide bonds. The maximum Gasteiger partial charge on any atom is 0.232 e. The number of thiocarbonyl (C=S) groups is 1. The topological polar surface area (TPSA) is 46.3 Å². The molecule has 0 radical (unpaired) electrons. The van der Waals surface area contributed by atoms with Gasteiger partial charge in [0.1, 0.15) is 0 Å². The minimum atomic E-state index is -0.324. The summed E-state index contributed by atoms with van der Waals surface area (Å²) >= 11 is 6.71. The maximum atomic E-state index is 11.9. The highest BCUT2D eigenvalue weighted by Crippen LogP contribution is 2.18. The van der Waals surface area contributed by atoms with Crippen LogP contribution < -0.4 is 5.73 Å². The summed E-state index contributed by atoms with van der Waals surface area (Å²) in [6.45, 7) is 4.66. The molecule has 2 N–H and O–H groups in total. The van der Waals surface area contributed by atoms with Crippen molar-refractivity contribution in [1.29, 1.82) is 0 Å². The Labute approximate surface area is 94.4 Å². The molecule has 1 aliphatic heterocycles. The molecular formula is C9H16N2OS2. The summed E-state index contributed by atoms with van der Waals surface area (Å²) in [5.41, 5.74) is 5.47. The number of nitrogens with zero attached hydrogens (tertiary/aromatic N) is 1. The number of carbonyl (C=O) groups is 1. The molecule has 14 heavy (non-hydrogen) atoms. The Kier molecular flexibility index (Phi) is 4.19. The molecule has 1 heterocycles. The molecule has 1 rings (SSSR count). The zero-order valence-corrected chi connectivity index (χ0v) is 10.2. The van der Waals surface area contributed by atoms with E-state index in [1.807, 2.05) is 16.7 Å². The summed E-state index contributed by atoms with van der Waals surface area (Å²) in [5.74, 6) is 1.77. The molecule has 1 aliphatic rings. The van der Waals surface area contributed by atoms with Crippen LogP contribution in [0, 0.1) is 5.92 Å². The number of nitrogens with two attached hydrogens (primary N) is 1. The number of amides is 1. The van der Waals surface area contributed by atoms with Gasteiger partial charge in [-0.05, 0) is 13.8 Å². The smallest absolute Gasteiger partial charge is 0.232 e. The van der Waals surface area contributed by atoms with E-state index in [0.717, 1.165) is 18.1 Å². The average molecular weight is 232 g/mol. The van der Waals surface area contributed by atoms with Crippen molar-refractivity contribution in [3.63, 3.8) is 0 Å². The lowest BCUT2D eigenvalue weighted by molar-refractivity contribution is -0.134. The van der Waals surface area contributed by atoms with Crippen LogP contribution in [0.1, 0.15) is 13.8 Å². The number of hydrogen-bond acceptors (Lipinski definition) is 3. The van der Waals surface area contributed by atoms with Gasteiger partial charge in [0.15, 0.2) is 0 Å². The first kappa shape index (κ1) is 11.8. The van der Waals surface area contributed by atoms with Gasteiger partial charge in [0, 0.05) is 24.1 Å². The molecule has 1 fully saturated rings. The van der Waals surface area contributed by atoms with Crippen LogP contribution in [0.25, 0.3) is 0 Å². The van der Waals surface area contributed by atoms with Crippen LogP contribution in [0.15, 0.2) is 0 Å². The number of thioether (sulfide) groups is 1. The van der Waals surface area contributed by atoms with E-state index in [1.54, 1.807) is 6.92 Å². The van der Waals surface area contributed by atoms with Gasteiger partial charge in [-0.15, -0.1) is 0 Å². The van der Waals surface area contributed by atoms with E-state index in [9.17, 15) is 4.79 Å². The van der Waals surface area contributed by atoms with Crippen LogP contribution in [-0.2, 0) is 4.79 Å². The fourth-order valence-corrected chi connectivity index (χ4v) is 2.54. The fourth-order valence-electron chi connectivity index (χ4n) is 1.42. The minimum Gasteiger partial charge on any atom is -0.393 e. The first-order valence-electron chi connectivity index (χ1n) is 4.71. The summed E-state index contributed by atoms with van der Waals surface area (Å²) in [6.07, 6.45) is 0. The predicted molar refractivity (Wildman–Crippen MR) is 64.4 cm³/mol. The molecule has 0 saturated carbocycles. The zero-order valence-electron chi connectivity index (χ0n) is 8.53. The largest absolute Gasteiger partial charge is 0.393 e. The van der Waals surface area contributed by atoms with Crippen LogP contribution in [0.4, 0.5) is 0 Å². The maximum absolute atomic E-state index is 11.9. The van der Waals surface area contributed by atoms with E-state index in [4.69, 9.17) is 18.0 Å². The van der Waals surface area contributed by atoms with Crippen molar-refractivity contribution in [1.82, 2.24) is 4.90 Å². The summed E-state index contributed by atoms with van der Waals surface area (Å²) in [7, 11) is 0. The zero-order chi connectivity index (χ0) is 10.7. The van der Waals surface area contributed by atoms with Gasteiger partial charge < -0.3 is 10.6 Å². The molecule has 80 valence electrons. The molecule has 5 heteroatoms. The lowest BCUT2D eigenvalue weighted by Gasteiger charge is -2.34. The van der Waals surface area contributed by atoms with Crippen LogP contribution >= 0.6 is 24.0 Å². The van der Waals surface area contributed by atoms with Crippen LogP contribution in [-0.4, -0.2) is 39.9 Å². The van der Waals surface area contributed by atoms with Crippen molar-refractivity contribution in [2.24, 2.45) is 11.7 Å². The Morgan fingerprint density at radius 1 is 1.71 bits per heavy atom. The second-order valence-electron chi connectivity index (χ2n) is 3.58.